The SMILES string of the molecule is Cc1ccc2nc(N(Cc3ccc(C(=O)NC(O)C(=O)O)cc3)C3CCC(C(C)(C)C)CC3)n(C)c2c1. The van der Waals surface area contributed by atoms with Crippen LogP contribution in [0.25, 0.3) is 11.0 Å². The van der Waals surface area contributed by atoms with E-state index in [-0.39, 0.29) is 0 Å². The zero-order valence-corrected chi connectivity index (χ0v) is 22.4. The van der Waals surface area contributed by atoms with Gasteiger partial charge in [0.15, 0.2) is 0 Å². The fourth-order valence-corrected chi connectivity index (χ4v) is 5.39. The van der Waals surface area contributed by atoms with Crippen molar-refractivity contribution in [3.63, 3.8) is 0 Å². The molecule has 4 rings (SSSR count). The van der Waals surface area contributed by atoms with Gasteiger partial charge in [0, 0.05) is 25.2 Å². The van der Waals surface area contributed by atoms with Crippen molar-refractivity contribution in [3.05, 3.63) is 59.2 Å². The highest BCUT2D eigenvalue weighted by Crippen LogP contribution is 2.40. The predicted octanol–water partition coefficient (Wildman–Crippen LogP) is 4.63. The first kappa shape index (κ1) is 26.7. The highest BCUT2D eigenvalue weighted by Gasteiger charge is 2.33. The number of imidazole rings is 1. The van der Waals surface area contributed by atoms with E-state index in [0.717, 1.165) is 35.4 Å². The van der Waals surface area contributed by atoms with Crippen molar-refractivity contribution in [3.8, 4) is 0 Å². The van der Waals surface area contributed by atoms with Crippen LogP contribution in [-0.4, -0.2) is 43.9 Å². The summed E-state index contributed by atoms with van der Waals surface area (Å²) >= 11 is 0. The molecule has 0 bridgehead atoms. The molecule has 0 spiro atoms. The largest absolute Gasteiger partial charge is 0.478 e. The van der Waals surface area contributed by atoms with Gasteiger partial charge in [-0.3, -0.25) is 4.79 Å². The Morgan fingerprint density at radius 1 is 1.11 bits per heavy atom. The van der Waals surface area contributed by atoms with Gasteiger partial charge in [-0.1, -0.05) is 39.0 Å². The van der Waals surface area contributed by atoms with Gasteiger partial charge in [-0.15, -0.1) is 0 Å². The minimum Gasteiger partial charge on any atom is -0.478 e. The molecule has 1 fully saturated rings. The number of aromatic nitrogens is 2. The Hall–Kier alpha value is -3.39. The van der Waals surface area contributed by atoms with Gasteiger partial charge in [0.25, 0.3) is 5.91 Å². The molecule has 37 heavy (non-hydrogen) atoms. The number of carbonyl (C=O) groups is 2. The summed E-state index contributed by atoms with van der Waals surface area (Å²) < 4.78 is 2.17. The number of anilines is 1. The molecule has 1 heterocycles. The quantitative estimate of drug-likeness (QED) is 0.404. The maximum absolute atomic E-state index is 12.3. The second kappa shape index (κ2) is 10.5. The van der Waals surface area contributed by atoms with E-state index in [1.54, 1.807) is 12.1 Å². The number of aliphatic carboxylic acids is 1. The number of fused-ring (bicyclic) bond motifs is 1. The summed E-state index contributed by atoms with van der Waals surface area (Å²) in [5, 5.41) is 20.3. The van der Waals surface area contributed by atoms with Gasteiger partial charge in [0.2, 0.25) is 12.2 Å². The van der Waals surface area contributed by atoms with Crippen molar-refractivity contribution in [2.75, 3.05) is 4.90 Å². The number of benzene rings is 2. The van der Waals surface area contributed by atoms with Crippen LogP contribution in [0.4, 0.5) is 5.95 Å². The molecule has 1 aliphatic carbocycles. The highest BCUT2D eigenvalue weighted by atomic mass is 16.4. The molecule has 1 atom stereocenters. The number of carboxylic acids is 1. The van der Waals surface area contributed by atoms with Gasteiger partial charge in [-0.2, -0.15) is 0 Å². The van der Waals surface area contributed by atoms with E-state index in [9.17, 15) is 14.7 Å². The second-order valence-corrected chi connectivity index (χ2v) is 11.4. The molecule has 2 aromatic carbocycles. The van der Waals surface area contributed by atoms with Gasteiger partial charge in [-0.05, 0) is 79.3 Å². The summed E-state index contributed by atoms with van der Waals surface area (Å²) in [5.74, 6) is -0.497. The van der Waals surface area contributed by atoms with Crippen LogP contribution in [0.15, 0.2) is 42.5 Å². The standard InChI is InChI=1S/C29H38N4O4/c1-18-6-15-23-24(16-18)32(5)28(30-23)33(22-13-11-21(12-14-22)29(2,3)4)17-19-7-9-20(10-8-19)25(34)31-26(35)27(36)37/h6-10,15-16,21-22,26,35H,11-14,17H2,1-5H3,(H,31,34)(H,36,37). The van der Waals surface area contributed by atoms with Crippen LogP contribution in [0.5, 0.6) is 0 Å². The van der Waals surface area contributed by atoms with E-state index in [0.29, 0.717) is 29.5 Å². The average Bonchev–Trinajstić information content (AvgIpc) is 3.17. The van der Waals surface area contributed by atoms with Gasteiger partial charge >= 0.3 is 5.97 Å². The number of rotatable bonds is 7. The normalized spacial score (nSPS) is 19.0. The number of hydrogen-bond acceptors (Lipinski definition) is 5. The molecule has 8 nitrogen and oxygen atoms in total. The van der Waals surface area contributed by atoms with E-state index in [1.165, 1.54) is 18.4 Å². The highest BCUT2D eigenvalue weighted by molar-refractivity contribution is 5.96. The summed E-state index contributed by atoms with van der Waals surface area (Å²) in [6.07, 6.45) is 2.61. The number of carbonyl (C=O) groups excluding carboxylic acids is 1. The lowest BCUT2D eigenvalue weighted by molar-refractivity contribution is -0.147. The minimum absolute atomic E-state index is 0.291. The van der Waals surface area contributed by atoms with E-state index >= 15 is 0 Å². The van der Waals surface area contributed by atoms with Crippen LogP contribution in [0.3, 0.4) is 0 Å². The van der Waals surface area contributed by atoms with Crippen molar-refractivity contribution in [1.29, 1.82) is 0 Å². The molecule has 8 heteroatoms. The summed E-state index contributed by atoms with van der Waals surface area (Å²) in [4.78, 5) is 30.6. The van der Waals surface area contributed by atoms with Crippen molar-refractivity contribution in [2.45, 2.75) is 72.2 Å². The molecule has 1 amide bonds. The molecule has 0 aliphatic heterocycles. The van der Waals surface area contributed by atoms with Crippen LogP contribution in [0, 0.1) is 18.3 Å². The van der Waals surface area contributed by atoms with E-state index in [4.69, 9.17) is 10.1 Å². The molecule has 1 aromatic heterocycles. The molecule has 1 aliphatic rings. The summed E-state index contributed by atoms with van der Waals surface area (Å²) in [6.45, 7) is 9.72. The van der Waals surface area contributed by atoms with Crippen LogP contribution >= 0.6 is 0 Å². The molecule has 0 saturated heterocycles. The van der Waals surface area contributed by atoms with Crippen molar-refractivity contribution in [2.24, 2.45) is 18.4 Å². The monoisotopic (exact) mass is 506 g/mol. The number of amides is 1. The molecule has 1 saturated carbocycles. The Morgan fingerprint density at radius 3 is 2.35 bits per heavy atom. The Balaban J connectivity index is 1.60. The lowest BCUT2D eigenvalue weighted by atomic mass is 9.71. The Kier molecular flexibility index (Phi) is 7.59. The third-order valence-corrected chi connectivity index (χ3v) is 7.70. The molecule has 3 N–H and O–H groups in total. The Morgan fingerprint density at radius 2 is 1.76 bits per heavy atom. The van der Waals surface area contributed by atoms with E-state index < -0.39 is 18.1 Å². The third kappa shape index (κ3) is 5.96. The predicted molar refractivity (Wildman–Crippen MR) is 144 cm³/mol. The molecule has 198 valence electrons. The van der Waals surface area contributed by atoms with Crippen LogP contribution in [-0.2, 0) is 18.4 Å². The first-order chi connectivity index (χ1) is 17.4. The maximum atomic E-state index is 12.3. The van der Waals surface area contributed by atoms with Crippen LogP contribution < -0.4 is 10.2 Å². The Labute approximate surface area is 218 Å². The fourth-order valence-electron chi connectivity index (χ4n) is 5.39. The number of aryl methyl sites for hydroxylation is 2. The minimum atomic E-state index is -1.94. The molecular weight excluding hydrogens is 468 g/mol. The van der Waals surface area contributed by atoms with Crippen molar-refractivity contribution in [1.82, 2.24) is 14.9 Å². The average molecular weight is 507 g/mol. The first-order valence-electron chi connectivity index (χ1n) is 12.9. The molecule has 3 aromatic rings. The zero-order valence-electron chi connectivity index (χ0n) is 22.4. The van der Waals surface area contributed by atoms with Gasteiger partial charge in [-0.25, -0.2) is 9.78 Å². The molecule has 0 radical (unpaired) electrons. The summed E-state index contributed by atoms with van der Waals surface area (Å²) in [5.41, 5.74) is 4.89. The third-order valence-electron chi connectivity index (χ3n) is 7.70. The van der Waals surface area contributed by atoms with Crippen molar-refractivity contribution < 1.29 is 19.8 Å². The lowest BCUT2D eigenvalue weighted by Gasteiger charge is -2.41. The topological polar surface area (TPSA) is 108 Å². The number of carboxylic acid groups (broad SMARTS) is 1. The molecule has 1 unspecified atom stereocenters. The van der Waals surface area contributed by atoms with Crippen LogP contribution in [0.1, 0.15) is 67.9 Å². The summed E-state index contributed by atoms with van der Waals surface area (Å²) in [6, 6.07) is 13.7. The second-order valence-electron chi connectivity index (χ2n) is 11.4. The number of aliphatic hydroxyl groups is 1. The number of nitrogens with one attached hydrogen (secondary N) is 1. The number of nitrogens with zero attached hydrogens (tertiary/aromatic N) is 3. The Bertz CT molecular complexity index is 1270. The maximum Gasteiger partial charge on any atom is 0.353 e. The fraction of sp³-hybridized carbons (Fsp3) is 0.483. The van der Waals surface area contributed by atoms with Gasteiger partial charge in [0.1, 0.15) is 0 Å². The van der Waals surface area contributed by atoms with E-state index in [1.807, 2.05) is 12.1 Å². The number of aliphatic hydroxyl groups excluding tert-OH is 1. The smallest absolute Gasteiger partial charge is 0.353 e. The number of hydrogen-bond donors (Lipinski definition) is 3. The van der Waals surface area contributed by atoms with E-state index in [2.05, 4.69) is 67.7 Å². The van der Waals surface area contributed by atoms with Crippen molar-refractivity contribution >= 4 is 28.9 Å². The van der Waals surface area contributed by atoms with Gasteiger partial charge in [0.05, 0.1) is 11.0 Å². The first-order valence-corrected chi connectivity index (χ1v) is 12.9. The van der Waals surface area contributed by atoms with Crippen LogP contribution in [0.2, 0.25) is 0 Å². The summed E-state index contributed by atoms with van der Waals surface area (Å²) in [7, 11) is 2.07. The van der Waals surface area contributed by atoms with Gasteiger partial charge < -0.3 is 25.0 Å². The lowest BCUT2D eigenvalue weighted by Crippen LogP contribution is -2.41. The molecular formula is C29H38N4O4. The zero-order chi connectivity index (χ0) is 26.9.